The van der Waals surface area contributed by atoms with Crippen LogP contribution in [0.5, 0.6) is 0 Å². The molecule has 2 aromatic rings. The Morgan fingerprint density at radius 3 is 2.36 bits per heavy atom. The molecular formula is C43H65N5O10. The SMILES string of the molecule is CC[C@@H]1OC(=O)[C@H](C)C(=O)[C@H](C)[C@@H](O[C@@H]2O[C@H](C)C[C@H](N(C)C)[C@H]2O)[C@@](C)(OC)C[C@@H](C)C(=O)[C@H](C)C2N(CCCCn3cnc(-c4cccnc4)c3)C(=O)O[C@@]21C. The van der Waals surface area contributed by atoms with E-state index in [9.17, 15) is 24.3 Å². The molecule has 1 N–H and O–H groups in total. The average molecular weight is 812 g/mol. The van der Waals surface area contributed by atoms with Gasteiger partial charge in [0.05, 0.1) is 35.9 Å². The lowest BCUT2D eigenvalue weighted by Crippen LogP contribution is -2.60. The lowest BCUT2D eigenvalue weighted by Gasteiger charge is -2.47. The average Bonchev–Trinajstić information content (AvgIpc) is 3.78. The fraction of sp³-hybridized carbons (Fsp3) is 0.721. The van der Waals surface area contributed by atoms with Crippen LogP contribution in [0.15, 0.2) is 37.1 Å². The maximum Gasteiger partial charge on any atom is 0.410 e. The number of esters is 1. The molecule has 1 amide bonds. The highest BCUT2D eigenvalue weighted by Crippen LogP contribution is 2.43. The van der Waals surface area contributed by atoms with Crippen molar-refractivity contribution in [2.45, 2.75) is 148 Å². The van der Waals surface area contributed by atoms with E-state index in [0.29, 0.717) is 32.4 Å². The number of likely N-dealkylation sites (N-methyl/N-ethyl adjacent to an activating group) is 1. The van der Waals surface area contributed by atoms with E-state index >= 15 is 0 Å². The normalized spacial score (nSPS) is 36.7. The van der Waals surface area contributed by atoms with E-state index in [1.54, 1.807) is 51.3 Å². The van der Waals surface area contributed by atoms with Gasteiger partial charge in [-0.1, -0.05) is 27.7 Å². The molecule has 0 bridgehead atoms. The number of aryl methyl sites for hydroxylation is 1. The number of fused-ring (bicyclic) bond motifs is 1. The monoisotopic (exact) mass is 811 g/mol. The molecular weight excluding hydrogens is 746 g/mol. The zero-order chi connectivity index (χ0) is 42.7. The first kappa shape index (κ1) is 45.3. The molecule has 0 aromatic carbocycles. The number of aromatic nitrogens is 3. The molecule has 15 nitrogen and oxygen atoms in total. The van der Waals surface area contributed by atoms with Gasteiger partial charge in [0.25, 0.3) is 0 Å². The number of amides is 1. The predicted molar refractivity (Wildman–Crippen MR) is 214 cm³/mol. The van der Waals surface area contributed by atoms with E-state index in [0.717, 1.165) is 11.3 Å². The fourth-order valence-electron chi connectivity index (χ4n) is 9.43. The second-order valence-corrected chi connectivity index (χ2v) is 17.3. The number of rotatable bonds is 11. The fourth-order valence-corrected chi connectivity index (χ4v) is 9.43. The van der Waals surface area contributed by atoms with Crippen LogP contribution in [-0.2, 0) is 44.6 Å². The van der Waals surface area contributed by atoms with Gasteiger partial charge in [0.15, 0.2) is 17.7 Å². The predicted octanol–water partition coefficient (Wildman–Crippen LogP) is 4.93. The Hall–Kier alpha value is -3.76. The zero-order valence-electron chi connectivity index (χ0n) is 36.1. The maximum atomic E-state index is 14.7. The number of imidazole rings is 1. The number of methoxy groups -OCH3 is 1. The Labute approximate surface area is 343 Å². The summed E-state index contributed by atoms with van der Waals surface area (Å²) in [6.45, 7) is 14.9. The first-order chi connectivity index (χ1) is 27.4. The largest absolute Gasteiger partial charge is 0.458 e. The highest BCUT2D eigenvalue weighted by atomic mass is 16.7. The molecule has 5 rings (SSSR count). The molecule has 1 unspecified atom stereocenters. The van der Waals surface area contributed by atoms with Gasteiger partial charge in [0.1, 0.15) is 23.9 Å². The standard InChI is InChI=1S/C43H65N5O10/c1-12-33-43(8)37(48(41(53)58-43)19-14-13-18-47-23-31(45-24-47)30-16-15-17-44-22-30)27(4)34(49)25(2)21-42(7,54-11)38(28(5)35(50)29(6)39(52)56-33)57-40-36(51)32(46(9)10)20-26(3)55-40/h15-17,22-29,32-33,36-38,40,51H,12-14,18-21H2,1-11H3/t25-,26-,27+,28+,29-,32+,33+,36-,37?,38-,40+,42+,43-/m1/s1. The lowest BCUT2D eigenvalue weighted by molar-refractivity contribution is -0.295. The molecule has 15 heteroatoms. The van der Waals surface area contributed by atoms with E-state index in [1.807, 2.05) is 62.7 Å². The van der Waals surface area contributed by atoms with Crippen molar-refractivity contribution < 1.29 is 48.0 Å². The van der Waals surface area contributed by atoms with Gasteiger partial charge >= 0.3 is 12.1 Å². The van der Waals surface area contributed by atoms with Crippen LogP contribution >= 0.6 is 0 Å². The van der Waals surface area contributed by atoms with Gasteiger partial charge in [0.2, 0.25) is 0 Å². The van der Waals surface area contributed by atoms with Crippen LogP contribution in [0.2, 0.25) is 0 Å². The number of pyridine rings is 1. The molecule has 5 heterocycles. The number of aliphatic hydroxyl groups excluding tert-OH is 1. The van der Waals surface area contributed by atoms with Crippen molar-refractivity contribution in [3.05, 3.63) is 37.1 Å². The Kier molecular flexibility index (Phi) is 14.6. The van der Waals surface area contributed by atoms with E-state index < -0.39 is 83.4 Å². The van der Waals surface area contributed by atoms with Crippen LogP contribution in [0, 0.1) is 23.7 Å². The van der Waals surface area contributed by atoms with Gasteiger partial charge in [0, 0.05) is 68.1 Å². The van der Waals surface area contributed by atoms with Crippen LogP contribution in [-0.4, -0.2) is 135 Å². The minimum atomic E-state index is -1.40. The van der Waals surface area contributed by atoms with Crippen molar-refractivity contribution in [3.63, 3.8) is 0 Å². The van der Waals surface area contributed by atoms with Gasteiger partial charge in [-0.15, -0.1) is 0 Å². The van der Waals surface area contributed by atoms with Crippen LogP contribution in [0.1, 0.15) is 87.5 Å². The van der Waals surface area contributed by atoms with Crippen molar-refractivity contribution in [2.75, 3.05) is 27.7 Å². The Balaban J connectivity index is 1.43. The first-order valence-corrected chi connectivity index (χ1v) is 20.8. The van der Waals surface area contributed by atoms with Crippen molar-refractivity contribution in [1.82, 2.24) is 24.3 Å². The Morgan fingerprint density at radius 1 is 1.02 bits per heavy atom. The quantitative estimate of drug-likeness (QED) is 0.184. The van der Waals surface area contributed by atoms with Crippen LogP contribution < -0.4 is 0 Å². The summed E-state index contributed by atoms with van der Waals surface area (Å²) in [5, 5.41) is 11.4. The minimum Gasteiger partial charge on any atom is -0.458 e. The number of carbonyl (C=O) groups is 4. The highest BCUT2D eigenvalue weighted by molar-refractivity contribution is 6.00. The minimum absolute atomic E-state index is 0.130. The number of unbranched alkanes of at least 4 members (excludes halogenated alkanes) is 1. The van der Waals surface area contributed by atoms with E-state index in [2.05, 4.69) is 9.97 Å². The molecule has 58 heavy (non-hydrogen) atoms. The Morgan fingerprint density at radius 2 is 1.72 bits per heavy atom. The van der Waals surface area contributed by atoms with E-state index in [1.165, 1.54) is 14.0 Å². The zero-order valence-corrected chi connectivity index (χ0v) is 36.1. The summed E-state index contributed by atoms with van der Waals surface area (Å²) < 4.78 is 33.2. The highest BCUT2D eigenvalue weighted by Gasteiger charge is 2.60. The summed E-state index contributed by atoms with van der Waals surface area (Å²) in [7, 11) is 5.24. The van der Waals surface area contributed by atoms with Crippen LogP contribution in [0.25, 0.3) is 11.3 Å². The lowest BCUT2D eigenvalue weighted by atomic mass is 9.73. The third kappa shape index (κ3) is 9.33. The van der Waals surface area contributed by atoms with Gasteiger partial charge in [-0.05, 0) is 86.0 Å². The molecule has 3 aliphatic heterocycles. The number of ketones is 2. The van der Waals surface area contributed by atoms with Crippen molar-refractivity contribution >= 4 is 23.6 Å². The van der Waals surface area contributed by atoms with Gasteiger partial charge in [-0.2, -0.15) is 0 Å². The summed E-state index contributed by atoms with van der Waals surface area (Å²) in [6, 6.07) is 2.74. The third-order valence-corrected chi connectivity index (χ3v) is 12.8. The van der Waals surface area contributed by atoms with E-state index in [-0.39, 0.29) is 30.8 Å². The topological polar surface area (TPSA) is 172 Å². The first-order valence-electron chi connectivity index (χ1n) is 20.8. The molecule has 13 atom stereocenters. The van der Waals surface area contributed by atoms with Crippen molar-refractivity contribution in [3.8, 4) is 11.3 Å². The second kappa shape index (κ2) is 18.7. The summed E-state index contributed by atoms with van der Waals surface area (Å²) in [5.74, 6) is -4.95. The molecule has 0 saturated carbocycles. The molecule has 3 saturated heterocycles. The smallest absolute Gasteiger partial charge is 0.410 e. The molecule has 0 aliphatic carbocycles. The number of ether oxygens (including phenoxy) is 5. The molecule has 3 aliphatic rings. The van der Waals surface area contributed by atoms with Crippen LogP contribution in [0.3, 0.4) is 0 Å². The Bertz CT molecular complexity index is 1740. The number of aliphatic hydroxyl groups is 1. The van der Waals surface area contributed by atoms with Crippen molar-refractivity contribution in [1.29, 1.82) is 0 Å². The number of hydrogen-bond donors (Lipinski definition) is 1. The molecule has 2 aromatic heterocycles. The number of hydrogen-bond acceptors (Lipinski definition) is 13. The number of cyclic esters (lactones) is 1. The summed E-state index contributed by atoms with van der Waals surface area (Å²) in [4.78, 5) is 69.0. The second-order valence-electron chi connectivity index (χ2n) is 17.3. The molecule has 0 spiro atoms. The number of Topliss-reactive ketones (excluding diaryl/α,β-unsaturated/α-hetero) is 2. The maximum absolute atomic E-state index is 14.7. The number of carbonyl (C=O) groups excluding carboxylic acids is 4. The van der Waals surface area contributed by atoms with Gasteiger partial charge in [-0.3, -0.25) is 19.4 Å². The molecule has 0 radical (unpaired) electrons. The summed E-state index contributed by atoms with van der Waals surface area (Å²) >= 11 is 0. The van der Waals surface area contributed by atoms with Gasteiger partial charge in [-0.25, -0.2) is 9.78 Å². The third-order valence-electron chi connectivity index (χ3n) is 12.8. The summed E-state index contributed by atoms with van der Waals surface area (Å²) in [5.41, 5.74) is -0.938. The van der Waals surface area contributed by atoms with Gasteiger partial charge < -0.3 is 43.2 Å². The van der Waals surface area contributed by atoms with Crippen molar-refractivity contribution in [2.24, 2.45) is 23.7 Å². The molecule has 3 fully saturated rings. The summed E-state index contributed by atoms with van der Waals surface area (Å²) in [6.07, 6.45) is 4.45. The number of nitrogens with zero attached hydrogens (tertiary/aromatic N) is 5. The van der Waals surface area contributed by atoms with Crippen LogP contribution in [0.4, 0.5) is 4.79 Å². The molecule has 322 valence electrons. The van der Waals surface area contributed by atoms with E-state index in [4.69, 9.17) is 23.7 Å².